The third-order valence-corrected chi connectivity index (χ3v) is 3.82. The Labute approximate surface area is 132 Å². The molecular weight excluding hydrogens is 272 g/mol. The van der Waals surface area contributed by atoms with Crippen LogP contribution in [0.4, 0.5) is 0 Å². The number of nitrogens with one attached hydrogen (secondary N) is 1. The summed E-state index contributed by atoms with van der Waals surface area (Å²) in [5, 5.41) is 3.88. The lowest BCUT2D eigenvalue weighted by atomic mass is 10.1. The van der Waals surface area contributed by atoms with Gasteiger partial charge in [-0.15, -0.1) is 6.42 Å². The van der Waals surface area contributed by atoms with Gasteiger partial charge in [-0.2, -0.15) is 0 Å². The maximum Gasteiger partial charge on any atom is 0.254 e. The number of benzene rings is 1. The van der Waals surface area contributed by atoms with Crippen LogP contribution in [0, 0.1) is 12.3 Å². The Hall–Kier alpha value is -2.21. The fraction of sp³-hybridized carbons (Fsp3) is 0.421. The molecule has 1 N–H and O–H groups in total. The predicted molar refractivity (Wildman–Crippen MR) is 91.8 cm³/mol. The molecule has 0 aliphatic rings. The van der Waals surface area contributed by atoms with Crippen molar-refractivity contribution in [3.8, 4) is 12.3 Å². The van der Waals surface area contributed by atoms with E-state index in [4.69, 9.17) is 6.42 Å². The number of hydrogen-bond acceptors (Lipinski definition) is 1. The molecule has 1 aromatic heterocycles. The molecule has 1 aromatic carbocycles. The topological polar surface area (TPSA) is 34.0 Å². The largest absolute Gasteiger partial charge is 0.347 e. The molecule has 3 heteroatoms. The first-order chi connectivity index (χ1) is 10.5. The molecule has 116 valence electrons. The van der Waals surface area contributed by atoms with Crippen molar-refractivity contribution in [3.63, 3.8) is 0 Å². The minimum absolute atomic E-state index is 0.117. The predicted octanol–water partition coefficient (Wildman–Crippen LogP) is 3.97. The zero-order chi connectivity index (χ0) is 16.2. The van der Waals surface area contributed by atoms with Crippen molar-refractivity contribution < 1.29 is 4.79 Å². The van der Waals surface area contributed by atoms with Crippen LogP contribution in [0.25, 0.3) is 10.9 Å². The van der Waals surface area contributed by atoms with Gasteiger partial charge in [-0.1, -0.05) is 43.9 Å². The summed E-state index contributed by atoms with van der Waals surface area (Å²) in [6, 6.07) is 8.02. The number of para-hydroxylation sites is 1. The van der Waals surface area contributed by atoms with Gasteiger partial charge >= 0.3 is 0 Å². The number of fused-ring (bicyclic) bond motifs is 1. The van der Waals surface area contributed by atoms with Gasteiger partial charge < -0.3 is 9.88 Å². The van der Waals surface area contributed by atoms with Crippen LogP contribution in [0.15, 0.2) is 30.5 Å². The Morgan fingerprint density at radius 1 is 1.32 bits per heavy atom. The Morgan fingerprint density at radius 2 is 2.05 bits per heavy atom. The van der Waals surface area contributed by atoms with E-state index in [2.05, 4.69) is 28.8 Å². The van der Waals surface area contributed by atoms with Gasteiger partial charge in [-0.25, -0.2) is 0 Å². The van der Waals surface area contributed by atoms with E-state index in [1.54, 1.807) is 0 Å². The van der Waals surface area contributed by atoms with Gasteiger partial charge in [0.25, 0.3) is 5.91 Å². The number of carbonyl (C=O) groups excluding carboxylic acids is 1. The van der Waals surface area contributed by atoms with Crippen molar-refractivity contribution in [1.82, 2.24) is 9.88 Å². The highest BCUT2D eigenvalue weighted by atomic mass is 16.1. The quantitative estimate of drug-likeness (QED) is 0.635. The molecule has 0 unspecified atom stereocenters. The molecule has 0 radical (unpaired) electrons. The number of aryl methyl sites for hydroxylation is 1. The summed E-state index contributed by atoms with van der Waals surface area (Å²) in [6.07, 6.45) is 10.9. The van der Waals surface area contributed by atoms with Crippen molar-refractivity contribution in [2.24, 2.45) is 0 Å². The summed E-state index contributed by atoms with van der Waals surface area (Å²) < 4.78 is 2.17. The average molecular weight is 296 g/mol. The Kier molecular flexibility index (Phi) is 4.92. The van der Waals surface area contributed by atoms with Gasteiger partial charge in [-0.05, 0) is 26.3 Å². The van der Waals surface area contributed by atoms with Crippen molar-refractivity contribution in [1.29, 1.82) is 0 Å². The molecule has 0 saturated carbocycles. The molecule has 3 nitrogen and oxygen atoms in total. The molecule has 1 amide bonds. The summed E-state index contributed by atoms with van der Waals surface area (Å²) in [5.74, 6) is 2.48. The monoisotopic (exact) mass is 296 g/mol. The van der Waals surface area contributed by atoms with Crippen LogP contribution < -0.4 is 5.32 Å². The standard InChI is InChI=1S/C19H24N2O/c1-5-7-10-13-21-14-16(15-11-8-9-12-17(15)21)18(22)20-19(3,4)6-2/h2,8-9,11-12,14H,5,7,10,13H2,1,3-4H3,(H,20,22). The summed E-state index contributed by atoms with van der Waals surface area (Å²) >= 11 is 0. The first-order valence-electron chi connectivity index (χ1n) is 7.86. The van der Waals surface area contributed by atoms with E-state index in [0.29, 0.717) is 5.56 Å². The molecule has 0 saturated heterocycles. The summed E-state index contributed by atoms with van der Waals surface area (Å²) in [5.41, 5.74) is 1.14. The lowest BCUT2D eigenvalue weighted by Gasteiger charge is -2.19. The van der Waals surface area contributed by atoms with Crippen molar-refractivity contribution in [2.75, 3.05) is 0 Å². The molecule has 0 fully saturated rings. The van der Waals surface area contributed by atoms with Gasteiger partial charge in [0.2, 0.25) is 0 Å². The van der Waals surface area contributed by atoms with E-state index in [1.807, 2.05) is 38.2 Å². The van der Waals surface area contributed by atoms with E-state index >= 15 is 0 Å². The van der Waals surface area contributed by atoms with Crippen molar-refractivity contribution in [3.05, 3.63) is 36.0 Å². The lowest BCUT2D eigenvalue weighted by molar-refractivity contribution is 0.0931. The van der Waals surface area contributed by atoms with E-state index in [9.17, 15) is 4.79 Å². The molecule has 0 aliphatic carbocycles. The van der Waals surface area contributed by atoms with Gasteiger partial charge in [0, 0.05) is 23.6 Å². The van der Waals surface area contributed by atoms with E-state index in [0.717, 1.165) is 23.9 Å². The minimum Gasteiger partial charge on any atom is -0.347 e. The number of unbranched alkanes of at least 4 members (excludes halogenated alkanes) is 2. The van der Waals surface area contributed by atoms with Crippen LogP contribution in [0.2, 0.25) is 0 Å². The zero-order valence-electron chi connectivity index (χ0n) is 13.6. The molecule has 2 rings (SSSR count). The van der Waals surface area contributed by atoms with E-state index < -0.39 is 5.54 Å². The Morgan fingerprint density at radius 3 is 2.73 bits per heavy atom. The van der Waals surface area contributed by atoms with Crippen molar-refractivity contribution >= 4 is 16.8 Å². The van der Waals surface area contributed by atoms with Gasteiger partial charge in [-0.3, -0.25) is 4.79 Å². The Bertz CT molecular complexity index is 704. The fourth-order valence-corrected chi connectivity index (χ4v) is 2.53. The summed E-state index contributed by atoms with van der Waals surface area (Å²) in [7, 11) is 0. The number of amides is 1. The minimum atomic E-state index is -0.650. The van der Waals surface area contributed by atoms with Gasteiger partial charge in [0.05, 0.1) is 11.1 Å². The fourth-order valence-electron chi connectivity index (χ4n) is 2.53. The highest BCUT2D eigenvalue weighted by Crippen LogP contribution is 2.22. The average Bonchev–Trinajstić information content (AvgIpc) is 2.86. The number of terminal acetylenes is 1. The molecule has 0 spiro atoms. The number of rotatable bonds is 6. The smallest absolute Gasteiger partial charge is 0.254 e. The maximum atomic E-state index is 12.6. The van der Waals surface area contributed by atoms with Crippen LogP contribution in [0.3, 0.4) is 0 Å². The van der Waals surface area contributed by atoms with Crippen LogP contribution in [0.1, 0.15) is 50.4 Å². The Balaban J connectivity index is 2.34. The number of carbonyl (C=O) groups is 1. The molecular formula is C19H24N2O. The number of nitrogens with zero attached hydrogens (tertiary/aromatic N) is 1. The van der Waals surface area contributed by atoms with E-state index in [-0.39, 0.29) is 5.91 Å². The normalized spacial score (nSPS) is 11.4. The van der Waals surface area contributed by atoms with Gasteiger partial charge in [0.15, 0.2) is 0 Å². The van der Waals surface area contributed by atoms with Crippen LogP contribution >= 0.6 is 0 Å². The second-order valence-corrected chi connectivity index (χ2v) is 6.18. The van der Waals surface area contributed by atoms with Gasteiger partial charge in [0.1, 0.15) is 0 Å². The number of hydrogen-bond donors (Lipinski definition) is 1. The first-order valence-corrected chi connectivity index (χ1v) is 7.86. The first kappa shape index (κ1) is 16.2. The molecule has 0 atom stereocenters. The third-order valence-electron chi connectivity index (χ3n) is 3.82. The van der Waals surface area contributed by atoms with Crippen LogP contribution in [-0.4, -0.2) is 16.0 Å². The maximum absolute atomic E-state index is 12.6. The second kappa shape index (κ2) is 6.70. The van der Waals surface area contributed by atoms with Crippen LogP contribution in [0.5, 0.6) is 0 Å². The molecule has 22 heavy (non-hydrogen) atoms. The lowest BCUT2D eigenvalue weighted by Crippen LogP contribution is -2.42. The number of aromatic nitrogens is 1. The summed E-state index contributed by atoms with van der Waals surface area (Å²) in [4.78, 5) is 12.6. The van der Waals surface area contributed by atoms with Crippen LogP contribution in [-0.2, 0) is 6.54 Å². The molecule has 1 heterocycles. The van der Waals surface area contributed by atoms with Crippen molar-refractivity contribution in [2.45, 2.75) is 52.1 Å². The highest BCUT2D eigenvalue weighted by molar-refractivity contribution is 6.07. The molecule has 0 bridgehead atoms. The highest BCUT2D eigenvalue weighted by Gasteiger charge is 2.21. The zero-order valence-corrected chi connectivity index (χ0v) is 13.6. The third kappa shape index (κ3) is 3.51. The molecule has 2 aromatic rings. The molecule has 0 aliphatic heterocycles. The van der Waals surface area contributed by atoms with E-state index in [1.165, 1.54) is 12.8 Å². The SMILES string of the molecule is C#CC(C)(C)NC(=O)c1cn(CCCCC)c2ccccc12. The second-order valence-electron chi connectivity index (χ2n) is 6.18. The summed E-state index contributed by atoms with van der Waals surface area (Å²) in [6.45, 7) is 6.77.